The van der Waals surface area contributed by atoms with E-state index in [0.717, 1.165) is 21.8 Å². The summed E-state index contributed by atoms with van der Waals surface area (Å²) in [5.41, 5.74) is -0.332. The lowest BCUT2D eigenvalue weighted by molar-refractivity contribution is -0.137. The highest BCUT2D eigenvalue weighted by Crippen LogP contribution is 2.33. The Morgan fingerprint density at radius 1 is 1.25 bits per heavy atom. The average molecular weight is 359 g/mol. The third-order valence-corrected chi connectivity index (χ3v) is 5.00. The Morgan fingerprint density at radius 2 is 1.96 bits per heavy atom. The van der Waals surface area contributed by atoms with Crippen LogP contribution in [0, 0.1) is 0 Å². The predicted molar refractivity (Wildman–Crippen MR) is 83.6 cm³/mol. The van der Waals surface area contributed by atoms with Gasteiger partial charge in [-0.15, -0.1) is 11.3 Å². The lowest BCUT2D eigenvalue weighted by Crippen LogP contribution is -2.49. The SMILES string of the molecule is O=C(CO)N1CCN(Cc2nc3cc(C(F)(F)F)ccc3s2)CC1. The Balaban J connectivity index is 1.67. The molecule has 1 amide bonds. The summed E-state index contributed by atoms with van der Waals surface area (Å²) in [6.07, 6.45) is -4.37. The highest BCUT2D eigenvalue weighted by molar-refractivity contribution is 7.18. The van der Waals surface area contributed by atoms with E-state index >= 15 is 0 Å². The molecule has 0 aliphatic carbocycles. The predicted octanol–water partition coefficient (Wildman–Crippen LogP) is 1.95. The van der Waals surface area contributed by atoms with Crippen molar-refractivity contribution in [2.45, 2.75) is 12.7 Å². The van der Waals surface area contributed by atoms with E-state index < -0.39 is 18.3 Å². The van der Waals surface area contributed by atoms with Crippen LogP contribution in [0.2, 0.25) is 0 Å². The zero-order valence-electron chi connectivity index (χ0n) is 12.7. The molecule has 2 heterocycles. The summed E-state index contributed by atoms with van der Waals surface area (Å²) in [5.74, 6) is -0.283. The lowest BCUT2D eigenvalue weighted by atomic mass is 10.2. The first-order chi connectivity index (χ1) is 11.4. The molecular formula is C15H16F3N3O2S. The Morgan fingerprint density at radius 3 is 2.58 bits per heavy atom. The summed E-state index contributed by atoms with van der Waals surface area (Å²) < 4.78 is 39.0. The molecule has 1 aliphatic heterocycles. The maximum absolute atomic E-state index is 12.7. The number of benzene rings is 1. The van der Waals surface area contributed by atoms with Crippen LogP contribution in [0.4, 0.5) is 13.2 Å². The number of alkyl halides is 3. The topological polar surface area (TPSA) is 56.7 Å². The fourth-order valence-corrected chi connectivity index (χ4v) is 3.66. The Hall–Kier alpha value is -1.71. The quantitative estimate of drug-likeness (QED) is 0.910. The summed E-state index contributed by atoms with van der Waals surface area (Å²) in [7, 11) is 0. The van der Waals surface area contributed by atoms with E-state index in [1.165, 1.54) is 17.4 Å². The fourth-order valence-electron chi connectivity index (χ4n) is 2.67. The fraction of sp³-hybridized carbons (Fsp3) is 0.467. The number of carbonyl (C=O) groups is 1. The Kier molecular flexibility index (Phi) is 4.75. The van der Waals surface area contributed by atoms with Gasteiger partial charge in [0.05, 0.1) is 22.3 Å². The number of halogens is 3. The van der Waals surface area contributed by atoms with Crippen LogP contribution in [-0.2, 0) is 17.5 Å². The zero-order valence-corrected chi connectivity index (χ0v) is 13.5. The number of nitrogens with zero attached hydrogens (tertiary/aromatic N) is 3. The minimum absolute atomic E-state index is 0.283. The molecule has 24 heavy (non-hydrogen) atoms. The van der Waals surface area contributed by atoms with Gasteiger partial charge in [0.15, 0.2) is 0 Å². The van der Waals surface area contributed by atoms with E-state index in [1.807, 2.05) is 0 Å². The van der Waals surface area contributed by atoms with Crippen LogP contribution in [0.15, 0.2) is 18.2 Å². The number of amides is 1. The van der Waals surface area contributed by atoms with Crippen LogP contribution in [0.25, 0.3) is 10.2 Å². The first-order valence-corrected chi connectivity index (χ1v) is 8.26. The second kappa shape index (κ2) is 6.66. The number of hydrogen-bond donors (Lipinski definition) is 1. The van der Waals surface area contributed by atoms with Crippen molar-refractivity contribution >= 4 is 27.5 Å². The van der Waals surface area contributed by atoms with Crippen LogP contribution >= 0.6 is 11.3 Å². The number of aromatic nitrogens is 1. The highest BCUT2D eigenvalue weighted by Gasteiger charge is 2.31. The van der Waals surface area contributed by atoms with Crippen molar-refractivity contribution in [3.63, 3.8) is 0 Å². The third kappa shape index (κ3) is 3.68. The number of aliphatic hydroxyl groups excluding tert-OH is 1. The Bertz CT molecular complexity index is 739. The largest absolute Gasteiger partial charge is 0.416 e. The molecule has 1 fully saturated rings. The molecule has 0 saturated carbocycles. The van der Waals surface area contributed by atoms with Crippen LogP contribution in [0.5, 0.6) is 0 Å². The lowest BCUT2D eigenvalue weighted by Gasteiger charge is -2.33. The molecule has 130 valence electrons. The third-order valence-electron chi connectivity index (χ3n) is 3.98. The van der Waals surface area contributed by atoms with Crippen molar-refractivity contribution in [1.29, 1.82) is 0 Å². The number of rotatable bonds is 3. The molecule has 0 radical (unpaired) electrons. The molecule has 1 saturated heterocycles. The monoisotopic (exact) mass is 359 g/mol. The molecule has 0 spiro atoms. The van der Waals surface area contributed by atoms with Gasteiger partial charge in [0.2, 0.25) is 5.91 Å². The second-order valence-corrected chi connectivity index (χ2v) is 6.72. The minimum Gasteiger partial charge on any atom is -0.387 e. The van der Waals surface area contributed by atoms with E-state index in [4.69, 9.17) is 5.11 Å². The first kappa shape index (κ1) is 17.1. The van der Waals surface area contributed by atoms with Crippen LogP contribution < -0.4 is 0 Å². The van der Waals surface area contributed by atoms with E-state index in [2.05, 4.69) is 9.88 Å². The second-order valence-electron chi connectivity index (χ2n) is 5.60. The normalized spacial score (nSPS) is 16.8. The van der Waals surface area contributed by atoms with E-state index in [1.54, 1.807) is 4.90 Å². The van der Waals surface area contributed by atoms with Crippen molar-refractivity contribution in [2.24, 2.45) is 0 Å². The molecule has 0 unspecified atom stereocenters. The van der Waals surface area contributed by atoms with Crippen molar-refractivity contribution < 1.29 is 23.1 Å². The first-order valence-electron chi connectivity index (χ1n) is 7.44. The number of hydrogen-bond acceptors (Lipinski definition) is 5. The van der Waals surface area contributed by atoms with Gasteiger partial charge in [-0.3, -0.25) is 9.69 Å². The summed E-state index contributed by atoms with van der Waals surface area (Å²) in [5, 5.41) is 9.61. The van der Waals surface area contributed by atoms with Crippen LogP contribution in [-0.4, -0.2) is 58.6 Å². The van der Waals surface area contributed by atoms with Gasteiger partial charge in [-0.1, -0.05) is 0 Å². The minimum atomic E-state index is -4.37. The number of piperazine rings is 1. The highest BCUT2D eigenvalue weighted by atomic mass is 32.1. The molecule has 1 N–H and O–H groups in total. The number of fused-ring (bicyclic) bond motifs is 1. The van der Waals surface area contributed by atoms with Gasteiger partial charge >= 0.3 is 6.18 Å². The van der Waals surface area contributed by atoms with Crippen molar-refractivity contribution in [3.05, 3.63) is 28.8 Å². The molecule has 9 heteroatoms. The van der Waals surface area contributed by atoms with Crippen LogP contribution in [0.3, 0.4) is 0 Å². The Labute approximate surface area is 140 Å². The van der Waals surface area contributed by atoms with Gasteiger partial charge in [0.25, 0.3) is 0 Å². The van der Waals surface area contributed by atoms with Gasteiger partial charge in [-0.2, -0.15) is 13.2 Å². The molecular weight excluding hydrogens is 343 g/mol. The average Bonchev–Trinajstić information content (AvgIpc) is 2.95. The standard InChI is InChI=1S/C15H16F3N3O2S/c16-15(17,18)10-1-2-12-11(7-10)19-13(24-12)8-20-3-5-21(6-4-20)14(23)9-22/h1-2,7,22H,3-6,8-9H2. The maximum atomic E-state index is 12.7. The summed E-state index contributed by atoms with van der Waals surface area (Å²) in [4.78, 5) is 19.4. The molecule has 3 rings (SSSR count). The van der Waals surface area contributed by atoms with Gasteiger partial charge in [0.1, 0.15) is 11.6 Å². The van der Waals surface area contributed by atoms with Crippen molar-refractivity contribution in [2.75, 3.05) is 32.8 Å². The molecule has 1 aromatic heterocycles. The molecule has 2 aromatic rings. The molecule has 5 nitrogen and oxygen atoms in total. The van der Waals surface area contributed by atoms with Gasteiger partial charge in [0, 0.05) is 26.2 Å². The number of thiazole rings is 1. The summed E-state index contributed by atoms with van der Waals surface area (Å²) in [6, 6.07) is 3.61. The maximum Gasteiger partial charge on any atom is 0.416 e. The van der Waals surface area contributed by atoms with Gasteiger partial charge in [-0.05, 0) is 18.2 Å². The van der Waals surface area contributed by atoms with E-state index in [9.17, 15) is 18.0 Å². The molecule has 1 aliphatic rings. The molecule has 1 aromatic carbocycles. The molecule has 0 atom stereocenters. The van der Waals surface area contributed by atoms with Crippen LogP contribution in [0.1, 0.15) is 10.6 Å². The van der Waals surface area contributed by atoms with Gasteiger partial charge < -0.3 is 10.0 Å². The van der Waals surface area contributed by atoms with Crippen molar-refractivity contribution in [3.8, 4) is 0 Å². The zero-order chi connectivity index (χ0) is 17.3. The number of carbonyl (C=O) groups excluding carboxylic acids is 1. The van der Waals surface area contributed by atoms with E-state index in [0.29, 0.717) is 38.2 Å². The van der Waals surface area contributed by atoms with E-state index in [-0.39, 0.29) is 5.91 Å². The smallest absolute Gasteiger partial charge is 0.387 e. The van der Waals surface area contributed by atoms with Crippen molar-refractivity contribution in [1.82, 2.24) is 14.8 Å². The van der Waals surface area contributed by atoms with Gasteiger partial charge in [-0.25, -0.2) is 4.98 Å². The number of aliphatic hydroxyl groups is 1. The molecule has 0 bridgehead atoms. The summed E-state index contributed by atoms with van der Waals surface area (Å²) >= 11 is 1.38. The summed E-state index contributed by atoms with van der Waals surface area (Å²) in [6.45, 7) is 2.41.